The number of unbranched alkanes of at least 4 members (excludes halogenated alkanes) is 1. The number of benzene rings is 1. The smallest absolute Gasteiger partial charge is 0.335 e. The molecule has 2 heterocycles. The Bertz CT molecular complexity index is 1150. The number of aromatic carboxylic acids is 1. The number of halogens is 4. The third-order valence-corrected chi connectivity index (χ3v) is 4.96. The summed E-state index contributed by atoms with van der Waals surface area (Å²) in [7, 11) is 1.39. The highest BCUT2D eigenvalue weighted by Crippen LogP contribution is 2.38. The number of alkyl halides is 1. The number of hydrogen-bond donors (Lipinski definition) is 2. The van der Waals surface area contributed by atoms with Crippen LogP contribution in [0.2, 0.25) is 5.15 Å². The molecule has 0 aliphatic carbocycles. The van der Waals surface area contributed by atoms with Crippen molar-refractivity contribution < 1.29 is 23.1 Å². The van der Waals surface area contributed by atoms with Crippen LogP contribution in [-0.2, 0) is 0 Å². The van der Waals surface area contributed by atoms with E-state index >= 15 is 0 Å². The molecule has 0 spiro atoms. The molecule has 5 nitrogen and oxygen atoms in total. The molecular weight excluding hydrogens is 443 g/mol. The van der Waals surface area contributed by atoms with E-state index < -0.39 is 23.9 Å². The third-order valence-electron chi connectivity index (χ3n) is 4.60. The summed E-state index contributed by atoms with van der Waals surface area (Å²) in [5, 5.41) is 11.6. The van der Waals surface area contributed by atoms with Gasteiger partial charge in [0.05, 0.1) is 5.56 Å². The van der Waals surface area contributed by atoms with Crippen molar-refractivity contribution in [3.05, 3.63) is 64.5 Å². The zero-order valence-electron chi connectivity index (χ0n) is 18.2. The number of nitrogens with one attached hydrogen (secondary N) is 1. The van der Waals surface area contributed by atoms with Gasteiger partial charge in [-0.25, -0.2) is 22.9 Å². The zero-order chi connectivity index (χ0) is 24.0. The van der Waals surface area contributed by atoms with Crippen LogP contribution in [0.4, 0.5) is 13.2 Å². The Balaban J connectivity index is 0.00000176. The molecule has 0 aliphatic heterocycles. The summed E-state index contributed by atoms with van der Waals surface area (Å²) in [6.45, 7) is 5.90. The molecule has 1 aromatic carbocycles. The van der Waals surface area contributed by atoms with Gasteiger partial charge >= 0.3 is 5.97 Å². The second-order valence-corrected chi connectivity index (χ2v) is 6.97. The number of hydrogen-bond acceptors (Lipinski definition) is 3. The fraction of sp³-hybridized carbons (Fsp3) is 0.304. The number of carbonyl (C=O) groups is 1. The minimum Gasteiger partial charge on any atom is -0.478 e. The Morgan fingerprint density at radius 3 is 2.59 bits per heavy atom. The molecule has 0 amide bonds. The van der Waals surface area contributed by atoms with Crippen molar-refractivity contribution in [2.45, 2.75) is 39.9 Å². The Kier molecular flexibility index (Phi) is 8.86. The Morgan fingerprint density at radius 2 is 2.00 bits per heavy atom. The highest BCUT2D eigenvalue weighted by Gasteiger charge is 2.25. The van der Waals surface area contributed by atoms with Crippen LogP contribution in [0.5, 0.6) is 0 Å². The molecular formula is C23H25ClF3N3O2. The van der Waals surface area contributed by atoms with Crippen molar-refractivity contribution in [2.75, 3.05) is 7.05 Å². The van der Waals surface area contributed by atoms with Gasteiger partial charge in [0.15, 0.2) is 6.30 Å². The highest BCUT2D eigenvalue weighted by atomic mass is 35.5. The molecule has 1 unspecified atom stereocenters. The lowest BCUT2D eigenvalue weighted by atomic mass is 9.95. The lowest BCUT2D eigenvalue weighted by molar-refractivity contribution is 0.0697. The molecule has 0 aliphatic rings. The largest absolute Gasteiger partial charge is 0.478 e. The van der Waals surface area contributed by atoms with Crippen molar-refractivity contribution in [1.29, 1.82) is 0 Å². The number of fused-ring (bicyclic) bond motifs is 1. The summed E-state index contributed by atoms with van der Waals surface area (Å²) >= 11 is 6.39. The fourth-order valence-corrected chi connectivity index (χ4v) is 3.43. The zero-order valence-corrected chi connectivity index (χ0v) is 19.0. The first-order valence-corrected chi connectivity index (χ1v) is 10.6. The molecule has 2 aromatic heterocycles. The van der Waals surface area contributed by atoms with E-state index in [1.807, 2.05) is 20.8 Å². The van der Waals surface area contributed by atoms with Crippen molar-refractivity contribution >= 4 is 28.8 Å². The first-order chi connectivity index (χ1) is 15.3. The third kappa shape index (κ3) is 5.14. The van der Waals surface area contributed by atoms with Gasteiger partial charge < -0.3 is 5.11 Å². The number of likely N-dealkylation sites (N-methyl/N-ethyl adjacent to an activating group) is 1. The molecule has 0 saturated carbocycles. The summed E-state index contributed by atoms with van der Waals surface area (Å²) in [5.74, 6) is -2.99. The van der Waals surface area contributed by atoms with E-state index in [2.05, 4.69) is 10.3 Å². The van der Waals surface area contributed by atoms with E-state index in [1.54, 1.807) is 6.08 Å². The standard InChI is InChI=1S/C21H19ClF3N3O2.C2H6/c1-3-4-5-13(20(25)26-2)14-9-12(23)10-15(24)17(14)18-19(22)28-7-6-11(21(29)30)8-16(28)27-18;1-2/h5-10,20,26H,3-4H2,1-2H3,(H,29,30);1-2H3/b13-5-;. The van der Waals surface area contributed by atoms with Gasteiger partial charge in [-0.15, -0.1) is 0 Å². The van der Waals surface area contributed by atoms with E-state index in [9.17, 15) is 23.1 Å². The summed E-state index contributed by atoms with van der Waals surface area (Å²) in [6.07, 6.45) is 2.49. The molecule has 3 rings (SSSR count). The van der Waals surface area contributed by atoms with Gasteiger partial charge in [0.25, 0.3) is 0 Å². The lowest BCUT2D eigenvalue weighted by Gasteiger charge is -2.17. The summed E-state index contributed by atoms with van der Waals surface area (Å²) in [4.78, 5) is 15.5. The SMILES string of the molecule is CC.CCC/C=C(/c1cc(F)cc(F)c1-c1nc2cc(C(=O)O)ccn2c1Cl)C(F)NC. The normalized spacial score (nSPS) is 12.4. The number of aromatic nitrogens is 2. The van der Waals surface area contributed by atoms with Crippen LogP contribution in [-0.4, -0.2) is 33.8 Å². The molecule has 9 heteroatoms. The predicted octanol–water partition coefficient (Wildman–Crippen LogP) is 6.36. The molecule has 0 fully saturated rings. The molecule has 172 valence electrons. The predicted molar refractivity (Wildman–Crippen MR) is 121 cm³/mol. The average molecular weight is 468 g/mol. The minimum atomic E-state index is -1.68. The van der Waals surface area contributed by atoms with Crippen LogP contribution < -0.4 is 5.32 Å². The number of carboxylic acids is 1. The maximum absolute atomic E-state index is 15.0. The summed E-state index contributed by atoms with van der Waals surface area (Å²) in [5.41, 5.74) is -0.0366. The topological polar surface area (TPSA) is 66.6 Å². The van der Waals surface area contributed by atoms with Crippen LogP contribution >= 0.6 is 11.6 Å². The van der Waals surface area contributed by atoms with E-state index in [1.165, 1.54) is 29.8 Å². The lowest BCUT2D eigenvalue weighted by Crippen LogP contribution is -2.22. The number of carboxylic acid groups (broad SMARTS) is 1. The first kappa shape index (κ1) is 25.4. The van der Waals surface area contributed by atoms with E-state index in [0.717, 1.165) is 6.07 Å². The van der Waals surface area contributed by atoms with Crippen molar-refractivity contribution in [3.63, 3.8) is 0 Å². The molecule has 3 aromatic rings. The van der Waals surface area contributed by atoms with Crippen molar-refractivity contribution in [3.8, 4) is 11.3 Å². The monoisotopic (exact) mass is 467 g/mol. The van der Waals surface area contributed by atoms with E-state index in [0.29, 0.717) is 18.9 Å². The summed E-state index contributed by atoms with van der Waals surface area (Å²) in [6, 6.07) is 4.30. The fourth-order valence-electron chi connectivity index (χ4n) is 3.15. The quantitative estimate of drug-likeness (QED) is 0.397. The van der Waals surface area contributed by atoms with Crippen LogP contribution in [0.25, 0.3) is 22.5 Å². The molecule has 2 N–H and O–H groups in total. The second kappa shape index (κ2) is 11.2. The van der Waals surface area contributed by atoms with Crippen LogP contribution in [0.1, 0.15) is 49.5 Å². The van der Waals surface area contributed by atoms with E-state index in [4.69, 9.17) is 11.6 Å². The van der Waals surface area contributed by atoms with Gasteiger partial charge in [-0.2, -0.15) is 0 Å². The Labute approximate surface area is 189 Å². The maximum Gasteiger partial charge on any atom is 0.335 e. The van der Waals surface area contributed by atoms with Gasteiger partial charge in [-0.1, -0.05) is 44.9 Å². The summed E-state index contributed by atoms with van der Waals surface area (Å²) < 4.78 is 45.1. The minimum absolute atomic E-state index is 0.0107. The van der Waals surface area contributed by atoms with Gasteiger partial charge in [0.2, 0.25) is 0 Å². The maximum atomic E-state index is 15.0. The van der Waals surface area contributed by atoms with Gasteiger partial charge in [-0.3, -0.25) is 9.72 Å². The Hall–Kier alpha value is -2.84. The first-order valence-electron chi connectivity index (χ1n) is 10.2. The molecule has 0 saturated heterocycles. The number of imidazole rings is 1. The molecule has 0 bridgehead atoms. The highest BCUT2D eigenvalue weighted by molar-refractivity contribution is 6.32. The van der Waals surface area contributed by atoms with Crippen LogP contribution in [0, 0.1) is 11.6 Å². The number of allylic oxidation sites excluding steroid dienone is 1. The van der Waals surface area contributed by atoms with E-state index in [-0.39, 0.29) is 38.8 Å². The number of rotatable bonds is 7. The number of pyridine rings is 1. The Morgan fingerprint density at radius 1 is 1.31 bits per heavy atom. The second-order valence-electron chi connectivity index (χ2n) is 6.61. The molecule has 32 heavy (non-hydrogen) atoms. The van der Waals surface area contributed by atoms with Gasteiger partial charge in [-0.05, 0) is 37.2 Å². The van der Waals surface area contributed by atoms with Gasteiger partial charge in [0.1, 0.15) is 28.1 Å². The van der Waals surface area contributed by atoms with Crippen molar-refractivity contribution in [2.24, 2.45) is 0 Å². The molecule has 0 radical (unpaired) electrons. The number of nitrogens with zero attached hydrogens (tertiary/aromatic N) is 2. The van der Waals surface area contributed by atoms with Gasteiger partial charge in [0, 0.05) is 23.4 Å². The van der Waals surface area contributed by atoms with Crippen LogP contribution in [0.15, 0.2) is 36.5 Å². The average Bonchev–Trinajstić information content (AvgIpc) is 3.10. The van der Waals surface area contributed by atoms with Crippen LogP contribution in [0.3, 0.4) is 0 Å². The molecule has 1 atom stereocenters. The van der Waals surface area contributed by atoms with Crippen molar-refractivity contribution in [1.82, 2.24) is 14.7 Å².